The number of ether oxygens (including phenoxy) is 1. The third-order valence-corrected chi connectivity index (χ3v) is 4.13. The van der Waals surface area contributed by atoms with Gasteiger partial charge in [-0.1, -0.05) is 27.7 Å². The number of rotatable bonds is 5. The van der Waals surface area contributed by atoms with Crippen molar-refractivity contribution in [2.24, 2.45) is 17.1 Å². The van der Waals surface area contributed by atoms with E-state index < -0.39 is 0 Å². The minimum Gasteiger partial charge on any atom is -0.378 e. The monoisotopic (exact) mass is 306 g/mol. The highest BCUT2D eigenvalue weighted by molar-refractivity contribution is 5.85. The summed E-state index contributed by atoms with van der Waals surface area (Å²) in [5, 5.41) is 0. The summed E-state index contributed by atoms with van der Waals surface area (Å²) in [6.07, 6.45) is 3.13. The minimum absolute atomic E-state index is 0. The highest BCUT2D eigenvalue weighted by Crippen LogP contribution is 2.28. The highest BCUT2D eigenvalue weighted by Gasteiger charge is 2.32. The van der Waals surface area contributed by atoms with Crippen LogP contribution in [0.1, 0.15) is 47.0 Å². The molecule has 0 aromatic rings. The molecule has 0 bridgehead atoms. The van der Waals surface area contributed by atoms with Gasteiger partial charge in [0.2, 0.25) is 5.91 Å². The Morgan fingerprint density at radius 2 is 1.90 bits per heavy atom. The number of nitrogens with two attached hydrogens (primary N) is 1. The smallest absolute Gasteiger partial charge is 0.225 e. The molecule has 20 heavy (non-hydrogen) atoms. The molecule has 1 aliphatic heterocycles. The summed E-state index contributed by atoms with van der Waals surface area (Å²) in [7, 11) is 0. The van der Waals surface area contributed by atoms with Crippen molar-refractivity contribution in [2.75, 3.05) is 26.2 Å². The van der Waals surface area contributed by atoms with Crippen LogP contribution in [0.25, 0.3) is 0 Å². The minimum atomic E-state index is 0. The number of halogens is 1. The lowest BCUT2D eigenvalue weighted by molar-refractivity contribution is -0.140. The number of carbonyl (C=O) groups is 1. The Hall–Kier alpha value is -0.320. The maximum absolute atomic E-state index is 12.4. The van der Waals surface area contributed by atoms with Gasteiger partial charge in [0.25, 0.3) is 0 Å². The molecular formula is C15H31ClN2O2. The first-order valence-electron chi connectivity index (χ1n) is 7.46. The fourth-order valence-corrected chi connectivity index (χ4v) is 2.22. The van der Waals surface area contributed by atoms with Crippen molar-refractivity contribution in [3.05, 3.63) is 0 Å². The van der Waals surface area contributed by atoms with Crippen molar-refractivity contribution in [1.29, 1.82) is 0 Å². The molecule has 1 saturated heterocycles. The lowest BCUT2D eigenvalue weighted by Crippen LogP contribution is -2.45. The summed E-state index contributed by atoms with van der Waals surface area (Å²) >= 11 is 0. The second kappa shape index (κ2) is 8.85. The Morgan fingerprint density at radius 3 is 2.35 bits per heavy atom. The quantitative estimate of drug-likeness (QED) is 0.794. The van der Waals surface area contributed by atoms with E-state index in [1.54, 1.807) is 0 Å². The van der Waals surface area contributed by atoms with Gasteiger partial charge in [-0.2, -0.15) is 0 Å². The second-order valence-corrected chi connectivity index (χ2v) is 6.63. The highest BCUT2D eigenvalue weighted by atomic mass is 35.5. The Balaban J connectivity index is 0.00000361. The SMILES string of the molecule is CC(C(=O)N1CCC(OCCCN)CC1)C(C)(C)C.Cl. The van der Waals surface area contributed by atoms with E-state index in [-0.39, 0.29) is 29.6 Å². The van der Waals surface area contributed by atoms with Gasteiger partial charge in [0.05, 0.1) is 6.10 Å². The molecule has 5 heteroatoms. The van der Waals surface area contributed by atoms with E-state index >= 15 is 0 Å². The van der Waals surface area contributed by atoms with Crippen LogP contribution in [0.3, 0.4) is 0 Å². The van der Waals surface area contributed by atoms with Gasteiger partial charge in [0.15, 0.2) is 0 Å². The largest absolute Gasteiger partial charge is 0.378 e. The average molecular weight is 307 g/mol. The van der Waals surface area contributed by atoms with Gasteiger partial charge in [0, 0.05) is 25.6 Å². The third-order valence-electron chi connectivity index (χ3n) is 4.13. The molecule has 4 nitrogen and oxygen atoms in total. The molecule has 1 atom stereocenters. The zero-order chi connectivity index (χ0) is 14.5. The second-order valence-electron chi connectivity index (χ2n) is 6.63. The summed E-state index contributed by atoms with van der Waals surface area (Å²) in [4.78, 5) is 14.4. The topological polar surface area (TPSA) is 55.6 Å². The fourth-order valence-electron chi connectivity index (χ4n) is 2.22. The Kier molecular flexibility index (Phi) is 8.71. The molecular weight excluding hydrogens is 276 g/mol. The van der Waals surface area contributed by atoms with E-state index in [2.05, 4.69) is 20.8 Å². The van der Waals surface area contributed by atoms with Crippen molar-refractivity contribution < 1.29 is 9.53 Å². The van der Waals surface area contributed by atoms with E-state index in [1.807, 2.05) is 11.8 Å². The number of hydrogen-bond donors (Lipinski definition) is 1. The van der Waals surface area contributed by atoms with Crippen LogP contribution in [0.2, 0.25) is 0 Å². The predicted octanol–water partition coefficient (Wildman–Crippen LogP) is 2.45. The van der Waals surface area contributed by atoms with Gasteiger partial charge in [-0.05, 0) is 31.2 Å². The van der Waals surface area contributed by atoms with Crippen LogP contribution in [-0.4, -0.2) is 43.2 Å². The summed E-state index contributed by atoms with van der Waals surface area (Å²) in [6.45, 7) is 11.5. The molecule has 0 saturated carbocycles. The van der Waals surface area contributed by atoms with Gasteiger partial charge >= 0.3 is 0 Å². The molecule has 0 aliphatic carbocycles. The standard InChI is InChI=1S/C15H30N2O2.ClH/c1-12(15(2,3)4)14(18)17-9-6-13(7-10-17)19-11-5-8-16;/h12-13H,5-11,16H2,1-4H3;1H. The van der Waals surface area contributed by atoms with E-state index in [1.165, 1.54) is 0 Å². The van der Waals surface area contributed by atoms with Crippen LogP contribution in [-0.2, 0) is 9.53 Å². The average Bonchev–Trinajstić information content (AvgIpc) is 2.37. The summed E-state index contributed by atoms with van der Waals surface area (Å²) in [5.74, 6) is 0.357. The molecule has 1 heterocycles. The lowest BCUT2D eigenvalue weighted by Gasteiger charge is -2.36. The summed E-state index contributed by atoms with van der Waals surface area (Å²) < 4.78 is 5.76. The number of piperidine rings is 1. The molecule has 0 aromatic carbocycles. The maximum Gasteiger partial charge on any atom is 0.225 e. The van der Waals surface area contributed by atoms with Crippen LogP contribution >= 0.6 is 12.4 Å². The van der Waals surface area contributed by atoms with Crippen molar-refractivity contribution in [3.8, 4) is 0 Å². The summed E-state index contributed by atoms with van der Waals surface area (Å²) in [5.41, 5.74) is 5.48. The van der Waals surface area contributed by atoms with E-state index in [0.717, 1.165) is 39.0 Å². The number of likely N-dealkylation sites (tertiary alicyclic amines) is 1. The predicted molar refractivity (Wildman–Crippen MR) is 85.1 cm³/mol. The molecule has 0 spiro atoms. The molecule has 0 aromatic heterocycles. The lowest BCUT2D eigenvalue weighted by atomic mass is 9.81. The zero-order valence-electron chi connectivity index (χ0n) is 13.4. The van der Waals surface area contributed by atoms with Gasteiger partial charge in [0.1, 0.15) is 0 Å². The van der Waals surface area contributed by atoms with Crippen molar-refractivity contribution >= 4 is 18.3 Å². The zero-order valence-corrected chi connectivity index (χ0v) is 14.2. The Morgan fingerprint density at radius 1 is 1.35 bits per heavy atom. The van der Waals surface area contributed by atoms with Crippen molar-refractivity contribution in [2.45, 2.75) is 53.1 Å². The molecule has 1 amide bonds. The molecule has 2 N–H and O–H groups in total. The molecule has 120 valence electrons. The normalized spacial score (nSPS) is 18.6. The van der Waals surface area contributed by atoms with Gasteiger partial charge in [-0.3, -0.25) is 4.79 Å². The van der Waals surface area contributed by atoms with Crippen LogP contribution in [0.15, 0.2) is 0 Å². The van der Waals surface area contributed by atoms with Crippen LogP contribution in [0.5, 0.6) is 0 Å². The Bertz CT molecular complexity index is 284. The fraction of sp³-hybridized carbons (Fsp3) is 0.933. The molecule has 1 unspecified atom stereocenters. The van der Waals surface area contributed by atoms with Crippen molar-refractivity contribution in [1.82, 2.24) is 4.90 Å². The maximum atomic E-state index is 12.4. The number of nitrogens with zero attached hydrogens (tertiary/aromatic N) is 1. The van der Waals surface area contributed by atoms with Gasteiger partial charge in [-0.25, -0.2) is 0 Å². The summed E-state index contributed by atoms with van der Waals surface area (Å²) in [6, 6.07) is 0. The number of carbonyl (C=O) groups excluding carboxylic acids is 1. The number of hydrogen-bond acceptors (Lipinski definition) is 3. The number of amides is 1. The van der Waals surface area contributed by atoms with E-state index in [9.17, 15) is 4.79 Å². The first-order valence-corrected chi connectivity index (χ1v) is 7.46. The van der Waals surface area contributed by atoms with Gasteiger partial charge < -0.3 is 15.4 Å². The molecule has 1 rings (SSSR count). The van der Waals surface area contributed by atoms with E-state index in [4.69, 9.17) is 10.5 Å². The van der Waals surface area contributed by atoms with E-state index in [0.29, 0.717) is 12.6 Å². The van der Waals surface area contributed by atoms with Crippen molar-refractivity contribution in [3.63, 3.8) is 0 Å². The Labute approximate surface area is 129 Å². The molecule has 1 fully saturated rings. The molecule has 0 radical (unpaired) electrons. The van der Waals surface area contributed by atoms with Crippen LogP contribution in [0.4, 0.5) is 0 Å². The first-order chi connectivity index (χ1) is 8.86. The third kappa shape index (κ3) is 5.98. The van der Waals surface area contributed by atoms with Crippen LogP contribution < -0.4 is 5.73 Å². The molecule has 1 aliphatic rings. The van der Waals surface area contributed by atoms with Crippen LogP contribution in [0, 0.1) is 11.3 Å². The van der Waals surface area contributed by atoms with Gasteiger partial charge in [-0.15, -0.1) is 12.4 Å². The first kappa shape index (κ1) is 19.7.